The number of halogens is 2. The van der Waals surface area contributed by atoms with Crippen molar-refractivity contribution in [2.24, 2.45) is 4.99 Å². The van der Waals surface area contributed by atoms with E-state index in [-0.39, 0.29) is 42.0 Å². The van der Waals surface area contributed by atoms with Gasteiger partial charge in [0, 0.05) is 25.3 Å². The molecular formula is C15H25ClIN5O. The molecule has 0 radical (unpaired) electrons. The Balaban J connectivity index is 0.00000484. The zero-order chi connectivity index (χ0) is 16.6. The molecule has 130 valence electrons. The summed E-state index contributed by atoms with van der Waals surface area (Å²) in [6.45, 7) is 6.69. The van der Waals surface area contributed by atoms with Crippen LogP contribution in [0.3, 0.4) is 0 Å². The van der Waals surface area contributed by atoms with Crippen LogP contribution in [-0.2, 0) is 11.2 Å². The summed E-state index contributed by atoms with van der Waals surface area (Å²) >= 11 is 5.74. The molecule has 0 bridgehead atoms. The number of carbonyl (C=O) groups is 1. The van der Waals surface area contributed by atoms with Crippen molar-refractivity contribution in [3.63, 3.8) is 0 Å². The van der Waals surface area contributed by atoms with Gasteiger partial charge in [0.15, 0.2) is 5.96 Å². The van der Waals surface area contributed by atoms with Crippen molar-refractivity contribution in [1.82, 2.24) is 20.9 Å². The van der Waals surface area contributed by atoms with Crippen molar-refractivity contribution < 1.29 is 4.79 Å². The Morgan fingerprint density at radius 3 is 2.52 bits per heavy atom. The number of rotatable bonds is 5. The van der Waals surface area contributed by atoms with Crippen molar-refractivity contribution in [2.45, 2.75) is 32.7 Å². The van der Waals surface area contributed by atoms with Crippen molar-refractivity contribution in [1.29, 1.82) is 0 Å². The first kappa shape index (κ1) is 21.9. The number of carbonyl (C=O) groups excluding carboxylic acids is 1. The predicted molar refractivity (Wildman–Crippen MR) is 106 cm³/mol. The first-order chi connectivity index (χ1) is 10.3. The van der Waals surface area contributed by atoms with E-state index in [1.165, 1.54) is 0 Å². The number of aromatic nitrogens is 1. The number of nitrogens with zero attached hydrogens (tertiary/aromatic N) is 2. The summed E-state index contributed by atoms with van der Waals surface area (Å²) in [6, 6.07) is 3.70. The zero-order valence-corrected chi connectivity index (χ0v) is 17.0. The van der Waals surface area contributed by atoms with Gasteiger partial charge in [-0.25, -0.2) is 4.98 Å². The van der Waals surface area contributed by atoms with Crippen LogP contribution < -0.4 is 16.0 Å². The van der Waals surface area contributed by atoms with Gasteiger partial charge in [-0.15, -0.1) is 24.0 Å². The normalized spacial score (nSPS) is 11.4. The fourth-order valence-corrected chi connectivity index (χ4v) is 1.84. The van der Waals surface area contributed by atoms with Crippen LogP contribution in [0, 0.1) is 0 Å². The third-order valence-electron chi connectivity index (χ3n) is 2.65. The second-order valence-electron chi connectivity index (χ2n) is 5.89. The second kappa shape index (κ2) is 10.6. The predicted octanol–water partition coefficient (Wildman–Crippen LogP) is 1.98. The number of pyridine rings is 1. The van der Waals surface area contributed by atoms with E-state index in [0.717, 1.165) is 12.0 Å². The van der Waals surface area contributed by atoms with Crippen LogP contribution in [0.5, 0.6) is 0 Å². The SMILES string of the molecule is CN=C(NCCc1ccc(Cl)nc1)NCC(=O)NC(C)(C)C.I. The smallest absolute Gasteiger partial charge is 0.239 e. The largest absolute Gasteiger partial charge is 0.356 e. The number of hydrogen-bond acceptors (Lipinski definition) is 3. The molecule has 0 saturated carbocycles. The monoisotopic (exact) mass is 453 g/mol. The quantitative estimate of drug-likeness (QED) is 0.276. The minimum Gasteiger partial charge on any atom is -0.356 e. The molecule has 1 amide bonds. The molecule has 0 aliphatic carbocycles. The van der Waals surface area contributed by atoms with Crippen LogP contribution in [0.15, 0.2) is 23.3 Å². The molecule has 1 heterocycles. The molecule has 0 saturated heterocycles. The molecule has 0 unspecified atom stereocenters. The Morgan fingerprint density at radius 1 is 1.30 bits per heavy atom. The van der Waals surface area contributed by atoms with Gasteiger partial charge < -0.3 is 16.0 Å². The van der Waals surface area contributed by atoms with E-state index in [1.54, 1.807) is 19.3 Å². The Bertz CT molecular complexity index is 514. The molecule has 1 aromatic rings. The van der Waals surface area contributed by atoms with Gasteiger partial charge in [0.05, 0.1) is 6.54 Å². The van der Waals surface area contributed by atoms with Crippen LogP contribution in [-0.4, -0.2) is 42.5 Å². The van der Waals surface area contributed by atoms with E-state index in [4.69, 9.17) is 11.6 Å². The molecule has 0 spiro atoms. The van der Waals surface area contributed by atoms with E-state index >= 15 is 0 Å². The van der Waals surface area contributed by atoms with Gasteiger partial charge in [-0.3, -0.25) is 9.79 Å². The average molecular weight is 454 g/mol. The maximum atomic E-state index is 11.7. The lowest BCUT2D eigenvalue weighted by molar-refractivity contribution is -0.121. The molecule has 0 atom stereocenters. The summed E-state index contributed by atoms with van der Waals surface area (Å²) in [6.07, 6.45) is 2.54. The van der Waals surface area contributed by atoms with Gasteiger partial charge in [-0.1, -0.05) is 17.7 Å². The van der Waals surface area contributed by atoms with E-state index in [9.17, 15) is 4.79 Å². The maximum Gasteiger partial charge on any atom is 0.239 e. The zero-order valence-electron chi connectivity index (χ0n) is 13.9. The molecular weight excluding hydrogens is 429 g/mol. The van der Waals surface area contributed by atoms with Crippen LogP contribution in [0.1, 0.15) is 26.3 Å². The Labute approximate surface area is 159 Å². The summed E-state index contributed by atoms with van der Waals surface area (Å²) in [5.41, 5.74) is 0.843. The van der Waals surface area contributed by atoms with Crippen LogP contribution in [0.25, 0.3) is 0 Å². The van der Waals surface area contributed by atoms with Crippen molar-refractivity contribution >= 4 is 47.4 Å². The molecule has 6 nitrogen and oxygen atoms in total. The Hall–Kier alpha value is -1.09. The Kier molecular flexibility index (Phi) is 10.1. The molecule has 0 fully saturated rings. The van der Waals surface area contributed by atoms with Crippen molar-refractivity contribution in [3.05, 3.63) is 29.0 Å². The van der Waals surface area contributed by atoms with Gasteiger partial charge >= 0.3 is 0 Å². The molecule has 1 aromatic heterocycles. The van der Waals surface area contributed by atoms with E-state index < -0.39 is 0 Å². The van der Waals surface area contributed by atoms with Crippen LogP contribution in [0.4, 0.5) is 0 Å². The van der Waals surface area contributed by atoms with Crippen LogP contribution in [0.2, 0.25) is 5.15 Å². The highest BCUT2D eigenvalue weighted by Crippen LogP contribution is 2.05. The molecule has 3 N–H and O–H groups in total. The standard InChI is InChI=1S/C15H24ClN5O.HI/c1-15(2,3)21-13(22)10-20-14(17-4)18-8-7-11-5-6-12(16)19-9-11;/h5-6,9H,7-8,10H2,1-4H3,(H,21,22)(H2,17,18,20);1H. The highest BCUT2D eigenvalue weighted by molar-refractivity contribution is 14.0. The third kappa shape index (κ3) is 10.3. The minimum absolute atomic E-state index is 0. The average Bonchev–Trinajstić information content (AvgIpc) is 2.42. The fraction of sp³-hybridized carbons (Fsp3) is 0.533. The first-order valence-corrected chi connectivity index (χ1v) is 7.54. The van der Waals surface area contributed by atoms with E-state index in [2.05, 4.69) is 25.9 Å². The molecule has 1 rings (SSSR count). The number of guanidine groups is 1. The lowest BCUT2D eigenvalue weighted by Gasteiger charge is -2.21. The van der Waals surface area contributed by atoms with Gasteiger partial charge in [0.25, 0.3) is 0 Å². The lowest BCUT2D eigenvalue weighted by Crippen LogP contribution is -2.48. The molecule has 8 heteroatoms. The summed E-state index contributed by atoms with van der Waals surface area (Å²) in [7, 11) is 1.67. The fourth-order valence-electron chi connectivity index (χ4n) is 1.73. The maximum absolute atomic E-state index is 11.7. The first-order valence-electron chi connectivity index (χ1n) is 7.16. The Morgan fingerprint density at radius 2 is 2.00 bits per heavy atom. The van der Waals surface area contributed by atoms with Gasteiger partial charge in [-0.2, -0.15) is 0 Å². The van der Waals surface area contributed by atoms with E-state index in [0.29, 0.717) is 17.7 Å². The van der Waals surface area contributed by atoms with Crippen LogP contribution >= 0.6 is 35.6 Å². The highest BCUT2D eigenvalue weighted by atomic mass is 127. The van der Waals surface area contributed by atoms with Crippen molar-refractivity contribution in [3.8, 4) is 0 Å². The van der Waals surface area contributed by atoms with E-state index in [1.807, 2.05) is 26.8 Å². The van der Waals surface area contributed by atoms with Crippen molar-refractivity contribution in [2.75, 3.05) is 20.1 Å². The summed E-state index contributed by atoms with van der Waals surface area (Å²) in [4.78, 5) is 19.8. The van der Waals surface area contributed by atoms with Gasteiger partial charge in [0.1, 0.15) is 5.15 Å². The summed E-state index contributed by atoms with van der Waals surface area (Å²) < 4.78 is 0. The highest BCUT2D eigenvalue weighted by Gasteiger charge is 2.13. The number of aliphatic imine (C=N–C) groups is 1. The molecule has 0 aliphatic heterocycles. The molecule has 0 aromatic carbocycles. The molecule has 23 heavy (non-hydrogen) atoms. The lowest BCUT2D eigenvalue weighted by atomic mass is 10.1. The second-order valence-corrected chi connectivity index (χ2v) is 6.28. The number of nitrogens with one attached hydrogen (secondary N) is 3. The topological polar surface area (TPSA) is 78.4 Å². The summed E-state index contributed by atoms with van der Waals surface area (Å²) in [5, 5.41) is 9.49. The summed E-state index contributed by atoms with van der Waals surface area (Å²) in [5.74, 6) is 0.517. The minimum atomic E-state index is -0.239. The van der Waals surface area contributed by atoms with Gasteiger partial charge in [0.2, 0.25) is 5.91 Å². The number of amides is 1. The van der Waals surface area contributed by atoms with Gasteiger partial charge in [-0.05, 0) is 38.8 Å². The molecule has 0 aliphatic rings. The third-order valence-corrected chi connectivity index (χ3v) is 2.87. The number of hydrogen-bond donors (Lipinski definition) is 3.